The molecule has 0 N–H and O–H groups in total. The van der Waals surface area contributed by atoms with Crippen LogP contribution >= 0.6 is 0 Å². The fourth-order valence-corrected chi connectivity index (χ4v) is 30.6. The summed E-state index contributed by atoms with van der Waals surface area (Å²) >= 11 is -2.81. The predicted octanol–water partition coefficient (Wildman–Crippen LogP) is 4.86. The van der Waals surface area contributed by atoms with Crippen molar-refractivity contribution in [3.63, 3.8) is 0 Å². The van der Waals surface area contributed by atoms with E-state index in [4.69, 9.17) is 3.76 Å². The molecule has 3 rings (SSSR count). The summed E-state index contributed by atoms with van der Waals surface area (Å²) < 4.78 is 12.4. The molecule has 0 unspecified atom stereocenters. The van der Waals surface area contributed by atoms with Gasteiger partial charge >= 0.3 is 140 Å². The van der Waals surface area contributed by atoms with Crippen molar-refractivity contribution in [1.82, 2.24) is 0 Å². The van der Waals surface area contributed by atoms with Crippen LogP contribution in [0.3, 0.4) is 0 Å². The van der Waals surface area contributed by atoms with Crippen LogP contribution in [-0.4, -0.2) is 30.5 Å². The number of nitrogens with zero attached hydrogens (tertiary/aromatic N) is 2. The van der Waals surface area contributed by atoms with Crippen molar-refractivity contribution >= 4 is 41.9 Å². The fraction of sp³-hybridized carbons (Fsp3) is 0.500. The van der Waals surface area contributed by atoms with Gasteiger partial charge in [-0.15, -0.1) is 0 Å². The number of para-hydroxylation sites is 2. The van der Waals surface area contributed by atoms with Crippen LogP contribution in [0.15, 0.2) is 36.1 Å². The summed E-state index contributed by atoms with van der Waals surface area (Å²) in [6.45, 7) is 16.9. The Hall–Kier alpha value is -0.663. The summed E-state index contributed by atoms with van der Waals surface area (Å²) in [5.74, 6) is 1.14. The maximum absolute atomic E-state index is 6.74. The predicted molar refractivity (Wildman–Crippen MR) is 103 cm³/mol. The van der Waals surface area contributed by atoms with Gasteiger partial charge in [0.1, 0.15) is 0 Å². The molecule has 2 heterocycles. The molecule has 0 radical (unpaired) electrons. The minimum atomic E-state index is -2.81. The Labute approximate surface area is 140 Å². The van der Waals surface area contributed by atoms with Gasteiger partial charge in [-0.3, -0.25) is 0 Å². The van der Waals surface area contributed by atoms with Crippen LogP contribution in [0.5, 0.6) is 0 Å². The van der Waals surface area contributed by atoms with Crippen molar-refractivity contribution in [3.05, 3.63) is 36.1 Å². The van der Waals surface area contributed by atoms with Gasteiger partial charge in [0, 0.05) is 0 Å². The molecule has 0 bridgehead atoms. The molecular weight excluding hydrogens is 365 g/mol. The normalized spacial score (nSPS) is 20.2. The second-order valence-electron chi connectivity index (χ2n) is 8.37. The molecule has 0 saturated carbocycles. The van der Waals surface area contributed by atoms with E-state index in [1.54, 1.807) is 0 Å². The second kappa shape index (κ2) is 4.91. The Kier molecular flexibility index (Phi) is 3.62. The van der Waals surface area contributed by atoms with Gasteiger partial charge in [-0.05, 0) is 0 Å². The van der Waals surface area contributed by atoms with Crippen molar-refractivity contribution in [2.75, 3.05) is 7.05 Å². The number of benzene rings is 1. The third-order valence-electron chi connectivity index (χ3n) is 4.38. The molecule has 1 spiro atoms. The van der Waals surface area contributed by atoms with Crippen LogP contribution in [-0.2, 0) is 3.76 Å². The number of fused-ring (bicyclic) bond motifs is 1. The van der Waals surface area contributed by atoms with Gasteiger partial charge in [-0.1, -0.05) is 0 Å². The van der Waals surface area contributed by atoms with Crippen LogP contribution in [0.1, 0.15) is 6.92 Å². The molecule has 22 heavy (non-hydrogen) atoms. The van der Waals surface area contributed by atoms with E-state index in [0.29, 0.717) is 0 Å². The summed E-state index contributed by atoms with van der Waals surface area (Å²) in [7, 11) is -3.05. The molecule has 1 aromatic rings. The van der Waals surface area contributed by atoms with Crippen molar-refractivity contribution in [2.45, 2.75) is 51.5 Å². The van der Waals surface area contributed by atoms with E-state index in [-0.39, 0.29) is 0 Å². The number of rotatable bonds is 2. The first-order valence-corrected chi connectivity index (χ1v) is 19.2. The summed E-state index contributed by atoms with van der Waals surface area (Å²) in [6.07, 6.45) is 2.34. The first-order valence-electron chi connectivity index (χ1n) is 8.13. The standard InChI is InChI=1S/C16H28GeN2OSi2/c1-14-12-13-17(20-14)18(21(2,3)4)15-10-8-9-11-16(15)19(17)22(5,6)7/h8-12H,13H2,1-7H3. The summed E-state index contributed by atoms with van der Waals surface area (Å²) in [5.41, 5.74) is 2.87. The van der Waals surface area contributed by atoms with E-state index in [1.165, 1.54) is 11.4 Å². The first-order chi connectivity index (χ1) is 10.1. The fourth-order valence-electron chi connectivity index (χ4n) is 3.98. The van der Waals surface area contributed by atoms with Crippen molar-refractivity contribution < 1.29 is 3.76 Å². The van der Waals surface area contributed by atoms with E-state index < -0.39 is 30.5 Å². The Morgan fingerprint density at radius 2 is 1.36 bits per heavy atom. The molecule has 0 amide bonds. The van der Waals surface area contributed by atoms with Crippen LogP contribution in [0.4, 0.5) is 11.4 Å². The van der Waals surface area contributed by atoms with Gasteiger partial charge in [0.05, 0.1) is 0 Å². The number of hydrogen-bond donors (Lipinski definition) is 0. The Bertz CT molecular complexity index is 593. The molecule has 2 aliphatic rings. The van der Waals surface area contributed by atoms with Crippen molar-refractivity contribution in [3.8, 4) is 0 Å². The van der Waals surface area contributed by atoms with E-state index >= 15 is 0 Å². The molecule has 0 fully saturated rings. The van der Waals surface area contributed by atoms with E-state index in [2.05, 4.69) is 83.6 Å². The molecule has 1 aromatic carbocycles. The average Bonchev–Trinajstić information content (AvgIpc) is 2.85. The Balaban J connectivity index is 2.25. The third-order valence-corrected chi connectivity index (χ3v) is 26.5. The molecule has 0 aromatic heterocycles. The molecule has 0 saturated heterocycles. The van der Waals surface area contributed by atoms with Gasteiger partial charge in [0.2, 0.25) is 0 Å². The molecule has 0 aliphatic carbocycles. The summed E-state index contributed by atoms with van der Waals surface area (Å²) in [6, 6.07) is 9.01. The van der Waals surface area contributed by atoms with Gasteiger partial charge in [0.25, 0.3) is 0 Å². The summed E-state index contributed by atoms with van der Waals surface area (Å²) in [4.78, 5) is 0. The van der Waals surface area contributed by atoms with Gasteiger partial charge in [-0.2, -0.15) is 0 Å². The number of anilines is 2. The molecule has 3 nitrogen and oxygen atoms in total. The zero-order chi connectivity index (χ0) is 16.3. The average molecular weight is 393 g/mol. The van der Waals surface area contributed by atoms with Gasteiger partial charge in [0.15, 0.2) is 0 Å². The van der Waals surface area contributed by atoms with Gasteiger partial charge in [-0.25, -0.2) is 0 Å². The quantitative estimate of drug-likeness (QED) is 0.668. The first kappa shape index (κ1) is 16.2. The minimum absolute atomic E-state index is 1.13. The van der Waals surface area contributed by atoms with Crippen LogP contribution in [0, 0.1) is 0 Å². The SMILES string of the molecule is CC1=C[CH2][Ge]2([O]1)[N]([Si](C)(C)C)c1ccccc1[N]2[Si](C)(C)C. The maximum atomic E-state index is 6.74. The molecular formula is C16H28GeN2OSi2. The van der Waals surface area contributed by atoms with E-state index in [0.717, 1.165) is 11.0 Å². The zero-order valence-electron chi connectivity index (χ0n) is 14.9. The Morgan fingerprint density at radius 1 is 0.909 bits per heavy atom. The van der Waals surface area contributed by atoms with Crippen molar-refractivity contribution in [2.24, 2.45) is 0 Å². The molecule has 6 heteroatoms. The topological polar surface area (TPSA) is 15.7 Å². The van der Waals surface area contributed by atoms with Crippen molar-refractivity contribution in [1.29, 1.82) is 0 Å². The summed E-state index contributed by atoms with van der Waals surface area (Å²) in [5, 5.41) is 1.13. The van der Waals surface area contributed by atoms with E-state index in [9.17, 15) is 0 Å². The Morgan fingerprint density at radius 3 is 1.68 bits per heavy atom. The van der Waals surface area contributed by atoms with Crippen LogP contribution < -0.4 is 7.05 Å². The third kappa shape index (κ3) is 2.29. The molecule has 120 valence electrons. The molecule has 0 atom stereocenters. The van der Waals surface area contributed by atoms with Gasteiger partial charge < -0.3 is 0 Å². The van der Waals surface area contributed by atoms with Crippen LogP contribution in [0.2, 0.25) is 44.5 Å². The number of hydrogen-bond acceptors (Lipinski definition) is 3. The zero-order valence-corrected chi connectivity index (χ0v) is 19.0. The monoisotopic (exact) mass is 394 g/mol. The van der Waals surface area contributed by atoms with E-state index in [1.807, 2.05) is 0 Å². The molecule has 2 aliphatic heterocycles. The van der Waals surface area contributed by atoms with Crippen LogP contribution in [0.25, 0.3) is 0 Å². The second-order valence-corrected chi connectivity index (χ2v) is 26.1. The number of allylic oxidation sites excluding steroid dienone is 2.